The van der Waals surface area contributed by atoms with Crippen LogP contribution in [0, 0.1) is 0 Å². The number of ether oxygens (including phenoxy) is 2. The molecule has 5 nitrogen and oxygen atoms in total. The fourth-order valence-corrected chi connectivity index (χ4v) is 4.91. The lowest BCUT2D eigenvalue weighted by Crippen LogP contribution is -2.15. The predicted molar refractivity (Wildman–Crippen MR) is 138 cm³/mol. The van der Waals surface area contributed by atoms with Gasteiger partial charge in [0.1, 0.15) is 11.5 Å². The third-order valence-corrected chi connectivity index (χ3v) is 6.61. The quantitative estimate of drug-likeness (QED) is 0.156. The van der Waals surface area contributed by atoms with Crippen molar-refractivity contribution in [1.29, 1.82) is 0 Å². The lowest BCUT2D eigenvalue weighted by atomic mass is 10.2. The highest BCUT2D eigenvalue weighted by Gasteiger charge is 2.20. The Morgan fingerprint density at radius 1 is 0.629 bits per heavy atom. The fourth-order valence-electron chi connectivity index (χ4n) is 3.13. The van der Waals surface area contributed by atoms with Crippen LogP contribution in [0.3, 0.4) is 0 Å². The third kappa shape index (κ3) is 6.14. The third-order valence-electron chi connectivity index (χ3n) is 4.82. The van der Waals surface area contributed by atoms with E-state index in [1.165, 1.54) is 12.1 Å². The van der Waals surface area contributed by atoms with E-state index < -0.39 is 20.5 Å². The smallest absolute Gasteiger partial charge is 0.343 e. The second kappa shape index (κ2) is 11.3. The van der Waals surface area contributed by atoms with E-state index in [-0.39, 0.29) is 32.6 Å². The second-order valence-electron chi connectivity index (χ2n) is 7.22. The van der Waals surface area contributed by atoms with Gasteiger partial charge in [-0.2, -0.15) is 0 Å². The van der Waals surface area contributed by atoms with Crippen LogP contribution in [0.5, 0.6) is 11.5 Å². The predicted octanol–water partition coefficient (Wildman–Crippen LogP) is 6.58. The van der Waals surface area contributed by atoms with E-state index in [0.29, 0.717) is 16.4 Å². The van der Waals surface area contributed by atoms with Crippen LogP contribution in [0.2, 0.25) is 10.0 Å². The second-order valence-corrected chi connectivity index (χ2v) is 9.28. The molecule has 0 saturated carbocycles. The minimum absolute atomic E-state index is 0.0899. The number of esters is 2. The Morgan fingerprint density at radius 3 is 1.74 bits per heavy atom. The lowest BCUT2D eigenvalue weighted by Gasteiger charge is -2.13. The molecule has 4 rings (SSSR count). The summed E-state index contributed by atoms with van der Waals surface area (Å²) >= 11 is 12.4. The van der Waals surface area contributed by atoms with Crippen LogP contribution in [0.25, 0.3) is 0 Å². The number of carbonyl (C=O) groups excluding carboxylic acids is 3. The van der Waals surface area contributed by atoms with Crippen molar-refractivity contribution >= 4 is 54.6 Å². The SMILES string of the molecule is O=C(Oc1ccc(PC(=O)c2c(Cl)cccc2Cl)c(OC(=O)c2ccccc2)c1)c1ccccc1. The largest absolute Gasteiger partial charge is 0.423 e. The average molecular weight is 523 g/mol. The number of rotatable bonds is 7. The molecule has 0 amide bonds. The van der Waals surface area contributed by atoms with Gasteiger partial charge in [-0.1, -0.05) is 65.7 Å². The van der Waals surface area contributed by atoms with Crippen molar-refractivity contribution in [3.8, 4) is 11.5 Å². The maximum Gasteiger partial charge on any atom is 0.343 e. The first-order valence-electron chi connectivity index (χ1n) is 10.4. The molecular formula is C27H17Cl2O5P. The van der Waals surface area contributed by atoms with E-state index in [0.717, 1.165) is 0 Å². The Bertz CT molecular complexity index is 1370. The summed E-state index contributed by atoms with van der Waals surface area (Å²) in [5.74, 6) is -0.940. The summed E-state index contributed by atoms with van der Waals surface area (Å²) in [6.07, 6.45) is 0. The summed E-state index contributed by atoms with van der Waals surface area (Å²) in [4.78, 5) is 38.2. The summed E-state index contributed by atoms with van der Waals surface area (Å²) < 4.78 is 11.1. The standard InChI is InChI=1S/C27H17Cl2O5P/c28-20-12-7-13-21(29)24(20)27(32)35-23-15-14-19(33-25(30)17-8-3-1-4-9-17)16-22(23)34-26(31)18-10-5-2-6-11-18/h1-16,35H. The van der Waals surface area contributed by atoms with Crippen molar-refractivity contribution in [3.63, 3.8) is 0 Å². The molecule has 4 aromatic carbocycles. The van der Waals surface area contributed by atoms with Gasteiger partial charge >= 0.3 is 11.9 Å². The highest BCUT2D eigenvalue weighted by atomic mass is 35.5. The van der Waals surface area contributed by atoms with Crippen molar-refractivity contribution in [1.82, 2.24) is 0 Å². The van der Waals surface area contributed by atoms with Gasteiger partial charge in [-0.3, -0.25) is 4.79 Å². The highest BCUT2D eigenvalue weighted by Crippen LogP contribution is 2.33. The van der Waals surface area contributed by atoms with Gasteiger partial charge in [0.15, 0.2) is 5.52 Å². The number of benzene rings is 4. The Kier molecular flexibility index (Phi) is 7.94. The molecular weight excluding hydrogens is 506 g/mol. The van der Waals surface area contributed by atoms with Crippen LogP contribution in [-0.4, -0.2) is 17.5 Å². The molecule has 0 aliphatic carbocycles. The van der Waals surface area contributed by atoms with E-state index in [4.69, 9.17) is 32.7 Å². The Balaban J connectivity index is 1.64. The molecule has 0 saturated heterocycles. The molecule has 0 spiro atoms. The molecule has 4 aromatic rings. The monoisotopic (exact) mass is 522 g/mol. The molecule has 0 aromatic heterocycles. The minimum atomic E-state index is -0.619. The first-order valence-corrected chi connectivity index (χ1v) is 12.1. The minimum Gasteiger partial charge on any atom is -0.423 e. The molecule has 0 N–H and O–H groups in total. The maximum absolute atomic E-state index is 13.0. The van der Waals surface area contributed by atoms with Gasteiger partial charge in [0, 0.05) is 11.4 Å². The van der Waals surface area contributed by atoms with Gasteiger partial charge < -0.3 is 9.47 Å². The van der Waals surface area contributed by atoms with Gasteiger partial charge in [-0.15, -0.1) is 0 Å². The van der Waals surface area contributed by atoms with Crippen molar-refractivity contribution in [2.75, 3.05) is 0 Å². The molecule has 0 aliphatic rings. The number of halogens is 2. The average Bonchev–Trinajstić information content (AvgIpc) is 2.86. The number of carbonyl (C=O) groups is 3. The molecule has 1 unspecified atom stereocenters. The normalized spacial score (nSPS) is 10.8. The topological polar surface area (TPSA) is 69.7 Å². The van der Waals surface area contributed by atoms with Crippen LogP contribution in [0.4, 0.5) is 0 Å². The van der Waals surface area contributed by atoms with Crippen LogP contribution in [-0.2, 0) is 0 Å². The highest BCUT2D eigenvalue weighted by molar-refractivity contribution is 7.66. The first-order chi connectivity index (χ1) is 16.9. The van der Waals surface area contributed by atoms with Crippen LogP contribution >= 0.6 is 31.8 Å². The molecule has 174 valence electrons. The maximum atomic E-state index is 13.0. The Morgan fingerprint density at radius 2 is 1.17 bits per heavy atom. The molecule has 0 aliphatic heterocycles. The van der Waals surface area contributed by atoms with Gasteiger partial charge in [0.2, 0.25) is 0 Å². The van der Waals surface area contributed by atoms with Gasteiger partial charge in [-0.05, 0) is 57.1 Å². The Hall–Kier alpha value is -3.50. The molecule has 0 bridgehead atoms. The summed E-state index contributed by atoms with van der Waals surface area (Å²) in [6, 6.07) is 26.2. The van der Waals surface area contributed by atoms with E-state index in [2.05, 4.69) is 0 Å². The van der Waals surface area contributed by atoms with Crippen molar-refractivity contribution in [3.05, 3.63) is 124 Å². The number of hydrogen-bond acceptors (Lipinski definition) is 5. The first kappa shape index (κ1) is 24.6. The van der Waals surface area contributed by atoms with Gasteiger partial charge in [0.25, 0.3) is 0 Å². The summed E-state index contributed by atoms with van der Waals surface area (Å²) in [5.41, 5.74) is 0.555. The summed E-state index contributed by atoms with van der Waals surface area (Å²) in [5, 5.41) is 0.882. The summed E-state index contributed by atoms with van der Waals surface area (Å²) in [6.45, 7) is 0. The molecule has 1 atom stereocenters. The lowest BCUT2D eigenvalue weighted by molar-refractivity contribution is 0.0733. The molecule has 35 heavy (non-hydrogen) atoms. The van der Waals surface area contributed by atoms with Crippen LogP contribution < -0.4 is 14.8 Å². The van der Waals surface area contributed by atoms with Gasteiger partial charge in [-0.25, -0.2) is 9.59 Å². The molecule has 0 heterocycles. The fraction of sp³-hybridized carbons (Fsp3) is 0. The molecule has 0 fully saturated rings. The zero-order valence-electron chi connectivity index (χ0n) is 18.0. The van der Waals surface area contributed by atoms with E-state index >= 15 is 0 Å². The van der Waals surface area contributed by atoms with Crippen LogP contribution in [0.1, 0.15) is 31.1 Å². The zero-order valence-corrected chi connectivity index (χ0v) is 20.5. The zero-order chi connectivity index (χ0) is 24.8. The molecule has 0 radical (unpaired) electrons. The summed E-state index contributed by atoms with van der Waals surface area (Å²) in [7, 11) is -0.456. The van der Waals surface area contributed by atoms with Crippen molar-refractivity contribution < 1.29 is 23.9 Å². The van der Waals surface area contributed by atoms with Crippen molar-refractivity contribution in [2.45, 2.75) is 0 Å². The number of hydrogen-bond donors (Lipinski definition) is 0. The van der Waals surface area contributed by atoms with E-state index in [1.807, 2.05) is 0 Å². The van der Waals surface area contributed by atoms with E-state index in [9.17, 15) is 14.4 Å². The van der Waals surface area contributed by atoms with Crippen molar-refractivity contribution in [2.24, 2.45) is 0 Å². The Labute approximate surface area is 213 Å². The van der Waals surface area contributed by atoms with Gasteiger partial charge in [0.05, 0.1) is 26.7 Å². The van der Waals surface area contributed by atoms with Crippen LogP contribution in [0.15, 0.2) is 97.1 Å². The molecule has 8 heteroatoms. The van der Waals surface area contributed by atoms with E-state index in [1.54, 1.807) is 84.9 Å².